The quantitative estimate of drug-likeness (QED) is 0.515. The van der Waals surface area contributed by atoms with Gasteiger partial charge in [-0.25, -0.2) is 13.4 Å². The lowest BCUT2D eigenvalue weighted by Crippen LogP contribution is -2.34. The molecule has 1 heterocycles. The number of carboxylic acids is 1. The van der Waals surface area contributed by atoms with E-state index in [0.29, 0.717) is 5.56 Å². The molecule has 0 spiro atoms. The number of carbonyl (C=O) groups excluding carboxylic acids is 1. The first-order valence-electron chi connectivity index (χ1n) is 6.90. The molecule has 4 N–H and O–H groups in total. The summed E-state index contributed by atoms with van der Waals surface area (Å²) < 4.78 is 26.2. The maximum Gasteiger partial charge on any atom is 0.322 e. The van der Waals surface area contributed by atoms with E-state index in [1.807, 2.05) is 5.32 Å². The average Bonchev–Trinajstić information content (AvgIpc) is 2.52. The molecule has 0 radical (unpaired) electrons. The fourth-order valence-electron chi connectivity index (χ4n) is 1.84. The van der Waals surface area contributed by atoms with Gasteiger partial charge in [0.15, 0.2) is 0 Å². The Morgan fingerprint density at radius 2 is 1.88 bits per heavy atom. The van der Waals surface area contributed by atoms with Crippen LogP contribution in [-0.2, 0) is 20.6 Å². The molecule has 0 saturated heterocycles. The van der Waals surface area contributed by atoms with Gasteiger partial charge in [-0.2, -0.15) is 0 Å². The minimum absolute atomic E-state index is 0.321. The number of carboxylic acid groups (broad SMARTS) is 1. The molecule has 0 fully saturated rings. The molecule has 1 aromatic heterocycles. The summed E-state index contributed by atoms with van der Waals surface area (Å²) in [6.07, 6.45) is 0.858. The van der Waals surface area contributed by atoms with E-state index in [1.54, 1.807) is 30.3 Å². The minimum atomic E-state index is -3.82. The number of hydrogen-bond acceptors (Lipinski definition) is 6. The predicted molar refractivity (Wildman–Crippen MR) is 87.5 cm³/mol. The topological polar surface area (TPSA) is 158 Å². The van der Waals surface area contributed by atoms with Gasteiger partial charge in [0, 0.05) is 6.20 Å². The van der Waals surface area contributed by atoms with Crippen molar-refractivity contribution >= 4 is 27.8 Å². The van der Waals surface area contributed by atoms with E-state index in [0.717, 1.165) is 6.20 Å². The third-order valence-electron chi connectivity index (χ3n) is 2.90. The summed E-state index contributed by atoms with van der Waals surface area (Å²) in [5.41, 5.74) is -0.801. The molecule has 0 bridgehead atoms. The van der Waals surface area contributed by atoms with Crippen molar-refractivity contribution in [2.75, 3.05) is 11.3 Å². The third-order valence-corrected chi connectivity index (χ3v) is 4.11. The zero-order valence-corrected chi connectivity index (χ0v) is 13.5. The van der Waals surface area contributed by atoms with Gasteiger partial charge in [0.25, 0.3) is 11.5 Å². The molecule has 132 valence electrons. The van der Waals surface area contributed by atoms with Crippen molar-refractivity contribution in [3.63, 3.8) is 0 Å². The SMILES string of the molecule is O=C(O)CNC(=O)c1cnc(NS(=O)(=O)Cc2ccccc2)[nH]c1=O. The molecule has 2 rings (SSSR count). The molecule has 0 atom stereocenters. The molecule has 0 aliphatic heterocycles. The molecule has 0 aliphatic rings. The Morgan fingerprint density at radius 1 is 1.20 bits per heavy atom. The first kappa shape index (κ1) is 18.1. The van der Waals surface area contributed by atoms with E-state index in [4.69, 9.17) is 5.11 Å². The fraction of sp³-hybridized carbons (Fsp3) is 0.143. The maximum atomic E-state index is 12.1. The molecule has 2 aromatic rings. The van der Waals surface area contributed by atoms with Gasteiger partial charge >= 0.3 is 5.97 Å². The Bertz CT molecular complexity index is 939. The Labute approximate surface area is 142 Å². The van der Waals surface area contributed by atoms with Gasteiger partial charge < -0.3 is 10.4 Å². The van der Waals surface area contributed by atoms with E-state index >= 15 is 0 Å². The van der Waals surface area contributed by atoms with Crippen LogP contribution in [0.3, 0.4) is 0 Å². The summed E-state index contributed by atoms with van der Waals surface area (Å²) >= 11 is 0. The first-order chi connectivity index (χ1) is 11.8. The highest BCUT2D eigenvalue weighted by molar-refractivity contribution is 7.91. The van der Waals surface area contributed by atoms with E-state index < -0.39 is 39.6 Å². The second kappa shape index (κ2) is 7.57. The van der Waals surface area contributed by atoms with Gasteiger partial charge in [-0.05, 0) is 5.56 Å². The zero-order valence-electron chi connectivity index (χ0n) is 12.7. The van der Waals surface area contributed by atoms with Crippen molar-refractivity contribution in [3.8, 4) is 0 Å². The number of benzene rings is 1. The van der Waals surface area contributed by atoms with Gasteiger partial charge in [-0.3, -0.25) is 24.1 Å². The monoisotopic (exact) mass is 366 g/mol. The first-order valence-corrected chi connectivity index (χ1v) is 8.56. The number of aromatic nitrogens is 2. The smallest absolute Gasteiger partial charge is 0.322 e. The van der Waals surface area contributed by atoms with Gasteiger partial charge in [0.05, 0.1) is 5.75 Å². The maximum absolute atomic E-state index is 12.1. The van der Waals surface area contributed by atoms with Crippen molar-refractivity contribution in [3.05, 3.63) is 58.0 Å². The number of aliphatic carboxylic acids is 1. The number of aromatic amines is 1. The molecule has 0 aliphatic carbocycles. The Morgan fingerprint density at radius 3 is 2.48 bits per heavy atom. The van der Waals surface area contributed by atoms with Crippen LogP contribution >= 0.6 is 0 Å². The van der Waals surface area contributed by atoms with Crippen LogP contribution in [0.15, 0.2) is 41.3 Å². The summed E-state index contributed by atoms with van der Waals surface area (Å²) in [5, 5.41) is 10.5. The van der Waals surface area contributed by atoms with E-state index in [1.165, 1.54) is 0 Å². The number of nitrogens with zero attached hydrogens (tertiary/aromatic N) is 1. The van der Waals surface area contributed by atoms with Crippen LogP contribution < -0.4 is 15.6 Å². The Balaban J connectivity index is 2.11. The number of anilines is 1. The number of sulfonamides is 1. The molecule has 0 saturated carbocycles. The number of nitrogens with one attached hydrogen (secondary N) is 3. The number of carbonyl (C=O) groups is 2. The van der Waals surface area contributed by atoms with Crippen LogP contribution in [0.25, 0.3) is 0 Å². The third kappa shape index (κ3) is 5.42. The van der Waals surface area contributed by atoms with Crippen molar-refractivity contribution in [2.45, 2.75) is 5.75 Å². The summed E-state index contributed by atoms with van der Waals surface area (Å²) in [4.78, 5) is 39.6. The van der Waals surface area contributed by atoms with Gasteiger partial charge in [-0.1, -0.05) is 30.3 Å². The summed E-state index contributed by atoms with van der Waals surface area (Å²) in [6, 6.07) is 8.39. The highest BCUT2D eigenvalue weighted by Crippen LogP contribution is 2.08. The molecule has 1 amide bonds. The average molecular weight is 366 g/mol. The molecule has 0 unspecified atom stereocenters. The predicted octanol–water partition coefficient (Wildman–Crippen LogP) is -0.474. The Hall–Kier alpha value is -3.21. The van der Waals surface area contributed by atoms with E-state index in [2.05, 4.69) is 14.7 Å². The summed E-state index contributed by atoms with van der Waals surface area (Å²) in [5.74, 6) is -2.88. The highest BCUT2D eigenvalue weighted by atomic mass is 32.2. The summed E-state index contributed by atoms with van der Waals surface area (Å²) in [6.45, 7) is -0.663. The van der Waals surface area contributed by atoms with Crippen molar-refractivity contribution < 1.29 is 23.1 Å². The number of amides is 1. The van der Waals surface area contributed by atoms with Crippen LogP contribution in [0.5, 0.6) is 0 Å². The molecular formula is C14H14N4O6S. The highest BCUT2D eigenvalue weighted by Gasteiger charge is 2.16. The second-order valence-electron chi connectivity index (χ2n) is 4.90. The van der Waals surface area contributed by atoms with Gasteiger partial charge in [0.1, 0.15) is 12.1 Å². The molecule has 1 aromatic carbocycles. The van der Waals surface area contributed by atoms with Crippen LogP contribution in [0.4, 0.5) is 5.95 Å². The number of hydrogen-bond donors (Lipinski definition) is 4. The van der Waals surface area contributed by atoms with Crippen molar-refractivity contribution in [1.29, 1.82) is 0 Å². The van der Waals surface area contributed by atoms with Crippen LogP contribution in [0.2, 0.25) is 0 Å². The van der Waals surface area contributed by atoms with Crippen LogP contribution in [0, 0.1) is 0 Å². The van der Waals surface area contributed by atoms with Crippen LogP contribution in [0.1, 0.15) is 15.9 Å². The van der Waals surface area contributed by atoms with Crippen molar-refractivity contribution in [2.24, 2.45) is 0 Å². The molecule has 11 heteroatoms. The molecule has 25 heavy (non-hydrogen) atoms. The zero-order chi connectivity index (χ0) is 18.4. The van der Waals surface area contributed by atoms with Crippen LogP contribution in [-0.4, -0.2) is 41.9 Å². The number of rotatable bonds is 7. The fourth-order valence-corrected chi connectivity index (χ4v) is 2.94. The van der Waals surface area contributed by atoms with Gasteiger partial charge in [-0.15, -0.1) is 0 Å². The van der Waals surface area contributed by atoms with Crippen molar-refractivity contribution in [1.82, 2.24) is 15.3 Å². The summed E-state index contributed by atoms with van der Waals surface area (Å²) in [7, 11) is -3.82. The number of H-pyrrole nitrogens is 1. The second-order valence-corrected chi connectivity index (χ2v) is 6.62. The largest absolute Gasteiger partial charge is 0.480 e. The normalized spacial score (nSPS) is 10.9. The Kier molecular flexibility index (Phi) is 5.49. The molecular weight excluding hydrogens is 352 g/mol. The molecule has 10 nitrogen and oxygen atoms in total. The minimum Gasteiger partial charge on any atom is -0.480 e. The lowest BCUT2D eigenvalue weighted by Gasteiger charge is -2.07. The lowest BCUT2D eigenvalue weighted by atomic mass is 10.2. The lowest BCUT2D eigenvalue weighted by molar-refractivity contribution is -0.135. The van der Waals surface area contributed by atoms with E-state index in [-0.39, 0.29) is 11.7 Å². The standard InChI is InChI=1S/C14H14N4O6S/c19-11(20)7-15-12(21)10-6-16-14(17-13(10)22)18-25(23,24)8-9-4-2-1-3-5-9/h1-6H,7-8H2,(H,15,21)(H,19,20)(H2,16,17,18,22). The van der Waals surface area contributed by atoms with Gasteiger partial charge in [0.2, 0.25) is 16.0 Å². The van der Waals surface area contributed by atoms with E-state index in [9.17, 15) is 22.8 Å².